The number of amides is 1. The highest BCUT2D eigenvalue weighted by Crippen LogP contribution is 2.23. The quantitative estimate of drug-likeness (QED) is 0.848. The summed E-state index contributed by atoms with van der Waals surface area (Å²) in [7, 11) is 0. The van der Waals surface area contributed by atoms with Gasteiger partial charge in [-0.1, -0.05) is 18.2 Å². The SMILES string of the molecule is O=C(Nc1ccccc1Br)c1cccc(OCC2CCCO2)c1. The van der Waals surface area contributed by atoms with Crippen LogP contribution in [-0.4, -0.2) is 25.2 Å². The Kier molecular flexibility index (Phi) is 5.31. The van der Waals surface area contributed by atoms with Crippen LogP contribution in [0.5, 0.6) is 5.75 Å². The molecule has 1 saturated heterocycles. The molecule has 1 N–H and O–H groups in total. The number of benzene rings is 2. The first-order valence-corrected chi connectivity index (χ1v) is 8.42. The standard InChI is InChI=1S/C18H18BrNO3/c19-16-8-1-2-9-17(16)20-18(21)13-5-3-6-14(11-13)23-12-15-7-4-10-22-15/h1-3,5-6,8-9,11,15H,4,7,10,12H2,(H,20,21). The minimum atomic E-state index is -0.167. The molecule has 1 atom stereocenters. The summed E-state index contributed by atoms with van der Waals surface area (Å²) in [6, 6.07) is 14.7. The predicted octanol–water partition coefficient (Wildman–Crippen LogP) is 4.26. The molecule has 0 radical (unpaired) electrons. The van der Waals surface area contributed by atoms with Gasteiger partial charge in [0.15, 0.2) is 0 Å². The molecule has 3 rings (SSSR count). The molecule has 1 fully saturated rings. The van der Waals surface area contributed by atoms with Crippen LogP contribution in [0, 0.1) is 0 Å². The largest absolute Gasteiger partial charge is 0.491 e. The number of para-hydroxylation sites is 1. The van der Waals surface area contributed by atoms with Crippen LogP contribution in [0.15, 0.2) is 53.0 Å². The lowest BCUT2D eigenvalue weighted by atomic mass is 10.2. The van der Waals surface area contributed by atoms with Crippen molar-refractivity contribution in [2.45, 2.75) is 18.9 Å². The molecule has 0 aliphatic carbocycles. The van der Waals surface area contributed by atoms with E-state index in [4.69, 9.17) is 9.47 Å². The van der Waals surface area contributed by atoms with Crippen LogP contribution < -0.4 is 10.1 Å². The van der Waals surface area contributed by atoms with Crippen molar-refractivity contribution >= 4 is 27.5 Å². The number of rotatable bonds is 5. The molecule has 1 amide bonds. The molecular formula is C18H18BrNO3. The molecule has 23 heavy (non-hydrogen) atoms. The summed E-state index contributed by atoms with van der Waals surface area (Å²) in [5.41, 5.74) is 1.30. The van der Waals surface area contributed by atoms with Crippen molar-refractivity contribution in [2.75, 3.05) is 18.5 Å². The summed E-state index contributed by atoms with van der Waals surface area (Å²) in [6.45, 7) is 1.33. The average Bonchev–Trinajstić information content (AvgIpc) is 3.09. The highest BCUT2D eigenvalue weighted by molar-refractivity contribution is 9.10. The predicted molar refractivity (Wildman–Crippen MR) is 93.0 cm³/mol. The van der Waals surface area contributed by atoms with Gasteiger partial charge in [0.2, 0.25) is 0 Å². The molecule has 0 spiro atoms. The van der Waals surface area contributed by atoms with Crippen LogP contribution in [0.3, 0.4) is 0 Å². The molecule has 5 heteroatoms. The zero-order chi connectivity index (χ0) is 16.1. The number of ether oxygens (including phenoxy) is 2. The summed E-state index contributed by atoms with van der Waals surface area (Å²) >= 11 is 3.42. The van der Waals surface area contributed by atoms with Gasteiger partial charge in [-0.05, 0) is 59.1 Å². The average molecular weight is 376 g/mol. The number of carbonyl (C=O) groups is 1. The number of hydrogen-bond acceptors (Lipinski definition) is 3. The summed E-state index contributed by atoms with van der Waals surface area (Å²) in [6.07, 6.45) is 2.28. The number of anilines is 1. The molecule has 1 unspecified atom stereocenters. The second-order valence-corrected chi connectivity index (χ2v) is 6.26. The number of hydrogen-bond donors (Lipinski definition) is 1. The smallest absolute Gasteiger partial charge is 0.255 e. The fourth-order valence-electron chi connectivity index (χ4n) is 2.45. The minimum absolute atomic E-state index is 0.160. The van der Waals surface area contributed by atoms with Crippen molar-refractivity contribution in [3.05, 3.63) is 58.6 Å². The Hall–Kier alpha value is -1.85. The van der Waals surface area contributed by atoms with Crippen molar-refractivity contribution in [1.82, 2.24) is 0 Å². The number of halogens is 1. The van der Waals surface area contributed by atoms with Gasteiger partial charge in [-0.3, -0.25) is 4.79 Å². The zero-order valence-electron chi connectivity index (χ0n) is 12.6. The first kappa shape index (κ1) is 16.0. The van der Waals surface area contributed by atoms with Gasteiger partial charge >= 0.3 is 0 Å². The molecule has 1 aliphatic rings. The summed E-state index contributed by atoms with van der Waals surface area (Å²) in [5.74, 6) is 0.514. The normalized spacial score (nSPS) is 17.0. The lowest BCUT2D eigenvalue weighted by molar-refractivity contribution is 0.0679. The maximum absolute atomic E-state index is 12.4. The Balaban J connectivity index is 1.64. The van der Waals surface area contributed by atoms with E-state index in [-0.39, 0.29) is 12.0 Å². The van der Waals surface area contributed by atoms with Crippen molar-refractivity contribution < 1.29 is 14.3 Å². The topological polar surface area (TPSA) is 47.6 Å². The number of nitrogens with one attached hydrogen (secondary N) is 1. The van der Waals surface area contributed by atoms with Gasteiger partial charge in [-0.25, -0.2) is 0 Å². The van der Waals surface area contributed by atoms with Gasteiger partial charge in [-0.15, -0.1) is 0 Å². The molecule has 1 aliphatic heterocycles. The number of carbonyl (C=O) groups excluding carboxylic acids is 1. The lowest BCUT2D eigenvalue weighted by Gasteiger charge is -2.12. The molecular weight excluding hydrogens is 358 g/mol. The fraction of sp³-hybridized carbons (Fsp3) is 0.278. The van der Waals surface area contributed by atoms with Crippen LogP contribution >= 0.6 is 15.9 Å². The molecule has 0 aromatic heterocycles. The summed E-state index contributed by atoms with van der Waals surface area (Å²) in [4.78, 5) is 12.4. The molecule has 0 bridgehead atoms. The fourth-order valence-corrected chi connectivity index (χ4v) is 2.83. The van der Waals surface area contributed by atoms with Gasteiger partial charge in [0, 0.05) is 16.6 Å². The van der Waals surface area contributed by atoms with E-state index in [1.165, 1.54) is 0 Å². The van der Waals surface area contributed by atoms with Crippen LogP contribution in [0.25, 0.3) is 0 Å². The highest BCUT2D eigenvalue weighted by Gasteiger charge is 2.16. The van der Waals surface area contributed by atoms with E-state index in [1.807, 2.05) is 36.4 Å². The first-order valence-electron chi connectivity index (χ1n) is 7.63. The van der Waals surface area contributed by atoms with Gasteiger partial charge in [0.05, 0.1) is 11.8 Å². The van der Waals surface area contributed by atoms with Gasteiger partial charge in [0.25, 0.3) is 5.91 Å². The van der Waals surface area contributed by atoms with Gasteiger partial charge in [0.1, 0.15) is 12.4 Å². The van der Waals surface area contributed by atoms with Crippen molar-refractivity contribution in [3.63, 3.8) is 0 Å². The second-order valence-electron chi connectivity index (χ2n) is 5.41. The maximum Gasteiger partial charge on any atom is 0.255 e. The maximum atomic E-state index is 12.4. The second kappa shape index (κ2) is 7.62. The van der Waals surface area contributed by atoms with E-state index in [1.54, 1.807) is 12.1 Å². The van der Waals surface area contributed by atoms with Crippen molar-refractivity contribution in [2.24, 2.45) is 0 Å². The van der Waals surface area contributed by atoms with E-state index < -0.39 is 0 Å². The molecule has 4 nitrogen and oxygen atoms in total. The Morgan fingerprint density at radius 1 is 1.26 bits per heavy atom. The third-order valence-electron chi connectivity index (χ3n) is 3.68. The molecule has 2 aromatic rings. The zero-order valence-corrected chi connectivity index (χ0v) is 14.2. The Morgan fingerprint density at radius 3 is 2.91 bits per heavy atom. The van der Waals surface area contributed by atoms with Crippen molar-refractivity contribution in [1.29, 1.82) is 0 Å². The van der Waals surface area contributed by atoms with E-state index in [0.29, 0.717) is 17.9 Å². The van der Waals surface area contributed by atoms with E-state index in [9.17, 15) is 4.79 Å². The lowest BCUT2D eigenvalue weighted by Crippen LogP contribution is -2.17. The Bertz CT molecular complexity index is 683. The van der Waals surface area contributed by atoms with Gasteiger partial charge < -0.3 is 14.8 Å². The van der Waals surface area contributed by atoms with E-state index >= 15 is 0 Å². The van der Waals surface area contributed by atoms with Crippen LogP contribution in [0.4, 0.5) is 5.69 Å². The molecule has 120 valence electrons. The Labute approximate surface area is 143 Å². The van der Waals surface area contributed by atoms with Crippen LogP contribution in [-0.2, 0) is 4.74 Å². The van der Waals surface area contributed by atoms with Crippen LogP contribution in [0.1, 0.15) is 23.2 Å². The monoisotopic (exact) mass is 375 g/mol. The van der Waals surface area contributed by atoms with E-state index in [0.717, 1.165) is 29.6 Å². The summed E-state index contributed by atoms with van der Waals surface area (Å²) < 4.78 is 12.1. The minimum Gasteiger partial charge on any atom is -0.491 e. The third kappa shape index (κ3) is 4.33. The van der Waals surface area contributed by atoms with E-state index in [2.05, 4.69) is 21.2 Å². The molecule has 0 saturated carbocycles. The molecule has 1 heterocycles. The first-order chi connectivity index (χ1) is 11.2. The Morgan fingerprint density at radius 2 is 2.13 bits per heavy atom. The van der Waals surface area contributed by atoms with Gasteiger partial charge in [-0.2, -0.15) is 0 Å². The van der Waals surface area contributed by atoms with Crippen molar-refractivity contribution in [3.8, 4) is 5.75 Å². The molecule has 2 aromatic carbocycles. The van der Waals surface area contributed by atoms with Crippen LogP contribution in [0.2, 0.25) is 0 Å². The third-order valence-corrected chi connectivity index (χ3v) is 4.37. The summed E-state index contributed by atoms with van der Waals surface area (Å²) in [5, 5.41) is 2.88. The highest BCUT2D eigenvalue weighted by atomic mass is 79.9.